The van der Waals surface area contributed by atoms with Crippen LogP contribution in [0.25, 0.3) is 44.5 Å². The molecule has 0 aliphatic carbocycles. The van der Waals surface area contributed by atoms with E-state index in [1.807, 2.05) is 104 Å². The minimum absolute atomic E-state index is 0.293. The highest BCUT2D eigenvalue weighted by Gasteiger charge is 2.20. The third-order valence-electron chi connectivity index (χ3n) is 14.9. The lowest BCUT2D eigenvalue weighted by molar-refractivity contribution is 0.0514. The van der Waals surface area contributed by atoms with E-state index < -0.39 is 11.9 Å². The van der Waals surface area contributed by atoms with Crippen molar-refractivity contribution in [2.75, 3.05) is 24.7 Å². The van der Waals surface area contributed by atoms with Gasteiger partial charge < -0.3 is 31.2 Å². The Kier molecular flexibility index (Phi) is 23.3. The molecule has 0 atom stereocenters. The van der Waals surface area contributed by atoms with Crippen molar-refractivity contribution in [3.8, 4) is 44.5 Å². The summed E-state index contributed by atoms with van der Waals surface area (Å²) in [6.45, 7) is 36.0. The molecule has 0 spiro atoms. The molecule has 0 aliphatic rings. The van der Waals surface area contributed by atoms with Crippen LogP contribution in [0.2, 0.25) is 0 Å². The van der Waals surface area contributed by atoms with Crippen LogP contribution in [0, 0.1) is 118 Å². The predicted molar refractivity (Wildman–Crippen MR) is 363 cm³/mol. The molecule has 0 unspecified atom stereocenters. The molecular formula is C72H80I2N2O8. The number of aryl methyl sites for hydroxylation is 16. The van der Waals surface area contributed by atoms with Gasteiger partial charge in [-0.3, -0.25) is 0 Å². The minimum Gasteiger partial charge on any atom is -0.478 e. The van der Waals surface area contributed by atoms with Gasteiger partial charge in [0.05, 0.1) is 35.5 Å². The molecular weight excluding hydrogens is 1270 g/mol. The Hall–Kier alpha value is -7.30. The van der Waals surface area contributed by atoms with Gasteiger partial charge in [0, 0.05) is 18.5 Å². The summed E-state index contributed by atoms with van der Waals surface area (Å²) in [4.78, 5) is 46.8. The molecule has 0 radical (unpaired) electrons. The van der Waals surface area contributed by atoms with Crippen LogP contribution in [-0.4, -0.2) is 47.3 Å². The number of nitrogens with two attached hydrogens (primary N) is 2. The molecule has 0 heterocycles. The zero-order chi connectivity index (χ0) is 62.9. The van der Waals surface area contributed by atoms with Crippen LogP contribution >= 0.6 is 45.2 Å². The number of nitrogen functional groups attached to an aromatic ring is 2. The van der Waals surface area contributed by atoms with Crippen molar-refractivity contribution < 1.29 is 38.9 Å². The monoisotopic (exact) mass is 1350 g/mol. The second-order valence-electron chi connectivity index (χ2n) is 21.9. The van der Waals surface area contributed by atoms with Crippen LogP contribution in [0.4, 0.5) is 11.4 Å². The van der Waals surface area contributed by atoms with Gasteiger partial charge in [0.2, 0.25) is 0 Å². The lowest BCUT2D eigenvalue weighted by Crippen LogP contribution is -2.10. The van der Waals surface area contributed by atoms with E-state index in [4.69, 9.17) is 20.9 Å². The van der Waals surface area contributed by atoms with E-state index in [2.05, 4.69) is 121 Å². The molecule has 8 aromatic rings. The van der Waals surface area contributed by atoms with Crippen LogP contribution in [0.5, 0.6) is 0 Å². The van der Waals surface area contributed by atoms with Crippen molar-refractivity contribution in [3.63, 3.8) is 0 Å². The topological polar surface area (TPSA) is 179 Å². The van der Waals surface area contributed by atoms with E-state index in [0.717, 1.165) is 78.1 Å². The van der Waals surface area contributed by atoms with Crippen LogP contribution in [0.15, 0.2) is 97.1 Å². The number of anilines is 2. The molecule has 10 nitrogen and oxygen atoms in total. The summed E-state index contributed by atoms with van der Waals surface area (Å²) in [7, 11) is 0. The molecule has 0 amide bonds. The summed E-state index contributed by atoms with van der Waals surface area (Å²) in [5.41, 5.74) is 40.7. The van der Waals surface area contributed by atoms with Crippen LogP contribution in [0.3, 0.4) is 0 Å². The average molecular weight is 1360 g/mol. The quantitative estimate of drug-likeness (QED) is 0.0585. The Bertz CT molecular complexity index is 3330. The van der Waals surface area contributed by atoms with Gasteiger partial charge in [0.25, 0.3) is 0 Å². The molecule has 8 rings (SSSR count). The first-order valence-corrected chi connectivity index (χ1v) is 30.0. The molecule has 0 aromatic heterocycles. The fourth-order valence-corrected chi connectivity index (χ4v) is 11.4. The minimum atomic E-state index is -0.935. The van der Waals surface area contributed by atoms with E-state index in [9.17, 15) is 29.4 Å². The molecule has 0 aliphatic heterocycles. The summed E-state index contributed by atoms with van der Waals surface area (Å²) in [5, 5.41) is 18.5. The van der Waals surface area contributed by atoms with Crippen molar-refractivity contribution >= 4 is 80.4 Å². The van der Waals surface area contributed by atoms with Gasteiger partial charge in [-0.25, -0.2) is 19.2 Å². The number of esters is 2. The molecule has 0 saturated carbocycles. The van der Waals surface area contributed by atoms with Gasteiger partial charge in [0.15, 0.2) is 0 Å². The Balaban J connectivity index is 0.000000207. The van der Waals surface area contributed by atoms with E-state index in [-0.39, 0.29) is 11.9 Å². The average Bonchev–Trinajstić information content (AvgIpc) is 3.39. The molecule has 0 bridgehead atoms. The molecule has 440 valence electrons. The van der Waals surface area contributed by atoms with Gasteiger partial charge in [-0.15, -0.1) is 0 Å². The second kappa shape index (κ2) is 29.0. The first-order valence-electron chi connectivity index (χ1n) is 27.9. The highest BCUT2D eigenvalue weighted by atomic mass is 127. The van der Waals surface area contributed by atoms with Crippen LogP contribution in [0.1, 0.15) is 144 Å². The van der Waals surface area contributed by atoms with E-state index in [1.54, 1.807) is 41.5 Å². The second-order valence-corrected chi connectivity index (χ2v) is 24.0. The fraction of sp³-hybridized carbons (Fsp3) is 0.278. The van der Waals surface area contributed by atoms with Crippen molar-refractivity contribution in [1.29, 1.82) is 0 Å². The number of carbonyl (C=O) groups is 4. The number of rotatable bonds is 10. The summed E-state index contributed by atoms with van der Waals surface area (Å²) in [5.74, 6) is -2.46. The third kappa shape index (κ3) is 16.1. The van der Waals surface area contributed by atoms with Gasteiger partial charge >= 0.3 is 23.9 Å². The Labute approximate surface area is 524 Å². The maximum atomic E-state index is 12.1. The molecule has 0 fully saturated rings. The molecule has 12 heteroatoms. The Morgan fingerprint density at radius 1 is 0.310 bits per heavy atom. The first kappa shape index (κ1) is 67.5. The SMILES string of the molecule is CCOC(=O)c1c(C)cc(-c2cc(C)c(C(=O)OCC)c(C)c2)cc1C.Cc1cc(-c2cc(C)c(C(=O)O)c(C)c2)cc(C)c1C(=O)O.Cc1cc(-c2cc(C)c(I)c(C)c2)cc(C)c1I.Cc1cc(-c2cc(C)c(N)c(C)c2)cc(C)c1N. The summed E-state index contributed by atoms with van der Waals surface area (Å²) in [6.07, 6.45) is 0. The summed E-state index contributed by atoms with van der Waals surface area (Å²) >= 11 is 4.84. The maximum absolute atomic E-state index is 12.1. The van der Waals surface area contributed by atoms with Gasteiger partial charge in [-0.1, -0.05) is 72.8 Å². The summed E-state index contributed by atoms with van der Waals surface area (Å²) in [6, 6.07) is 32.9. The molecule has 6 N–H and O–H groups in total. The zero-order valence-corrected chi connectivity index (χ0v) is 56.2. The third-order valence-corrected chi connectivity index (χ3v) is 18.3. The number of ether oxygens (including phenoxy) is 2. The van der Waals surface area contributed by atoms with E-state index >= 15 is 0 Å². The Morgan fingerprint density at radius 3 is 0.631 bits per heavy atom. The fourth-order valence-electron chi connectivity index (χ4n) is 10.8. The lowest BCUT2D eigenvalue weighted by Gasteiger charge is -2.15. The number of hydrogen-bond donors (Lipinski definition) is 4. The van der Waals surface area contributed by atoms with Gasteiger partial charge in [0.1, 0.15) is 0 Å². The number of carboxylic acids is 2. The highest BCUT2D eigenvalue weighted by molar-refractivity contribution is 14.1. The van der Waals surface area contributed by atoms with Crippen LogP contribution in [-0.2, 0) is 9.47 Å². The molecule has 8 aromatic carbocycles. The Morgan fingerprint density at radius 2 is 0.464 bits per heavy atom. The van der Waals surface area contributed by atoms with Gasteiger partial charge in [-0.2, -0.15) is 0 Å². The number of halogens is 2. The van der Waals surface area contributed by atoms with Crippen molar-refractivity contribution in [1.82, 2.24) is 0 Å². The van der Waals surface area contributed by atoms with E-state index in [1.165, 1.54) is 51.6 Å². The predicted octanol–water partition coefficient (Wildman–Crippen LogP) is 18.5. The summed E-state index contributed by atoms with van der Waals surface area (Å²) < 4.78 is 13.0. The molecule has 84 heavy (non-hydrogen) atoms. The normalized spacial score (nSPS) is 10.6. The number of aromatic carboxylic acids is 2. The van der Waals surface area contributed by atoms with Crippen molar-refractivity contribution in [2.45, 2.75) is 125 Å². The van der Waals surface area contributed by atoms with Crippen LogP contribution < -0.4 is 11.5 Å². The number of hydrogen-bond acceptors (Lipinski definition) is 8. The smallest absolute Gasteiger partial charge is 0.338 e. The zero-order valence-electron chi connectivity index (χ0n) is 51.9. The number of carboxylic acid groups (broad SMARTS) is 2. The highest BCUT2D eigenvalue weighted by Crippen LogP contribution is 2.34. The van der Waals surface area contributed by atoms with Crippen molar-refractivity contribution in [3.05, 3.63) is 215 Å². The number of benzene rings is 8. The van der Waals surface area contributed by atoms with Crippen molar-refractivity contribution in [2.24, 2.45) is 0 Å². The van der Waals surface area contributed by atoms with Gasteiger partial charge in [-0.05, 0) is 328 Å². The first-order chi connectivity index (χ1) is 39.3. The standard InChI is InChI=1S/C22H26O4.C18H18O4.C16H16I2.C16H20N2/c1-7-25-21(23)19-13(3)9-17(10-14(19)4)18-11-15(5)20(16(6)12-18)22(24)26-8-2;1-9-5-13(6-10(2)15(9)17(19)20)14-7-11(3)16(18(21)22)12(4)8-14;2*1-9-5-13(6-10(2)15(9)17)14-7-11(3)16(18)12(4)8-14/h9-12H,7-8H2,1-6H3;5-8H,1-4H3,(H,19,20)(H,21,22);5-8H,1-4H3;5-8H,17-18H2,1-4H3. The maximum Gasteiger partial charge on any atom is 0.338 e. The molecule has 0 saturated heterocycles. The lowest BCUT2D eigenvalue weighted by atomic mass is 9.92. The largest absolute Gasteiger partial charge is 0.478 e. The van der Waals surface area contributed by atoms with E-state index in [0.29, 0.717) is 57.7 Å². The number of carbonyl (C=O) groups excluding carboxylic acids is 2.